The lowest BCUT2D eigenvalue weighted by molar-refractivity contribution is -0.139. The number of imidazole rings is 1. The summed E-state index contributed by atoms with van der Waals surface area (Å²) in [6, 6.07) is 16.3. The predicted octanol–water partition coefficient (Wildman–Crippen LogP) is 2.64. The molecule has 1 N–H and O–H groups in total. The van der Waals surface area contributed by atoms with Gasteiger partial charge in [0.2, 0.25) is 11.7 Å². The molecule has 36 heavy (non-hydrogen) atoms. The van der Waals surface area contributed by atoms with Crippen LogP contribution in [0.25, 0.3) is 5.52 Å². The number of pyridine rings is 1. The lowest BCUT2D eigenvalue weighted by Crippen LogP contribution is -2.57. The van der Waals surface area contributed by atoms with E-state index in [1.807, 2.05) is 36.2 Å². The Morgan fingerprint density at radius 2 is 1.86 bits per heavy atom. The molecule has 3 aromatic rings. The van der Waals surface area contributed by atoms with E-state index in [4.69, 9.17) is 4.74 Å². The summed E-state index contributed by atoms with van der Waals surface area (Å²) in [6.45, 7) is 6.22. The van der Waals surface area contributed by atoms with Gasteiger partial charge in [-0.2, -0.15) is 0 Å². The van der Waals surface area contributed by atoms with Crippen LogP contribution in [0, 0.1) is 5.92 Å². The van der Waals surface area contributed by atoms with Gasteiger partial charge in [0.1, 0.15) is 0 Å². The molecule has 190 valence electrons. The van der Waals surface area contributed by atoms with Crippen LogP contribution in [0.4, 0.5) is 0 Å². The van der Waals surface area contributed by atoms with E-state index in [0.717, 1.165) is 37.9 Å². The van der Waals surface area contributed by atoms with E-state index in [-0.39, 0.29) is 11.8 Å². The fourth-order valence-corrected chi connectivity index (χ4v) is 5.34. The number of nitrogens with zero attached hydrogens (tertiary/aromatic N) is 4. The van der Waals surface area contributed by atoms with Gasteiger partial charge in [0, 0.05) is 38.9 Å². The minimum Gasteiger partial charge on any atom is -0.371 e. The Hall–Kier alpha value is -3.23. The first-order valence-electron chi connectivity index (χ1n) is 12.9. The van der Waals surface area contributed by atoms with Crippen molar-refractivity contribution in [1.82, 2.24) is 24.5 Å². The van der Waals surface area contributed by atoms with Crippen LogP contribution in [0.2, 0.25) is 0 Å². The third kappa shape index (κ3) is 5.77. The Balaban J connectivity index is 1.09. The summed E-state index contributed by atoms with van der Waals surface area (Å²) >= 11 is 0. The van der Waals surface area contributed by atoms with Crippen LogP contribution >= 0.6 is 0 Å². The molecule has 2 amide bonds. The number of aromatic nitrogens is 2. The summed E-state index contributed by atoms with van der Waals surface area (Å²) in [7, 11) is 0. The van der Waals surface area contributed by atoms with Crippen LogP contribution < -0.4 is 5.32 Å². The van der Waals surface area contributed by atoms with E-state index in [9.17, 15) is 9.59 Å². The number of nitrogens with one attached hydrogen (secondary N) is 1. The number of carbonyl (C=O) groups excluding carboxylic acids is 2. The largest absolute Gasteiger partial charge is 0.371 e. The SMILES string of the molecule is CC1(CNC(=O)c2ncc3ccccn23)CN(CC(=O)N2CCC(Cc3ccccc3)CC2)CCO1. The molecule has 5 rings (SSSR count). The third-order valence-electron chi connectivity index (χ3n) is 7.37. The molecule has 0 aliphatic carbocycles. The molecular weight excluding hydrogens is 454 g/mol. The molecule has 4 heterocycles. The minimum atomic E-state index is -0.566. The lowest BCUT2D eigenvalue weighted by atomic mass is 9.90. The maximum atomic E-state index is 13.1. The van der Waals surface area contributed by atoms with Gasteiger partial charge in [-0.05, 0) is 49.8 Å². The fourth-order valence-electron chi connectivity index (χ4n) is 5.34. The van der Waals surface area contributed by atoms with Crippen LogP contribution in [0.5, 0.6) is 0 Å². The molecule has 1 unspecified atom stereocenters. The monoisotopic (exact) mass is 489 g/mol. The second-order valence-corrected chi connectivity index (χ2v) is 10.3. The van der Waals surface area contributed by atoms with Crippen molar-refractivity contribution < 1.29 is 14.3 Å². The Morgan fingerprint density at radius 3 is 2.67 bits per heavy atom. The number of fused-ring (bicyclic) bond motifs is 1. The first-order chi connectivity index (χ1) is 17.5. The van der Waals surface area contributed by atoms with E-state index < -0.39 is 5.60 Å². The van der Waals surface area contributed by atoms with E-state index >= 15 is 0 Å². The summed E-state index contributed by atoms with van der Waals surface area (Å²) in [5, 5.41) is 2.98. The van der Waals surface area contributed by atoms with Gasteiger partial charge in [0.15, 0.2) is 0 Å². The number of rotatable bonds is 7. The number of ether oxygens (including phenoxy) is 1. The first-order valence-corrected chi connectivity index (χ1v) is 12.9. The van der Waals surface area contributed by atoms with Gasteiger partial charge in [-0.1, -0.05) is 36.4 Å². The van der Waals surface area contributed by atoms with Crippen molar-refractivity contribution in [2.75, 3.05) is 45.9 Å². The normalized spacial score (nSPS) is 21.5. The minimum absolute atomic E-state index is 0.185. The molecule has 8 heteroatoms. The Labute approximate surface area is 212 Å². The molecule has 2 aromatic heterocycles. The third-order valence-corrected chi connectivity index (χ3v) is 7.37. The quantitative estimate of drug-likeness (QED) is 0.552. The second kappa shape index (κ2) is 10.8. The number of piperidine rings is 1. The van der Waals surface area contributed by atoms with Crippen molar-refractivity contribution in [3.05, 3.63) is 72.3 Å². The number of hydrogen-bond donors (Lipinski definition) is 1. The van der Waals surface area contributed by atoms with Gasteiger partial charge in [0.25, 0.3) is 5.91 Å². The molecule has 0 bridgehead atoms. The van der Waals surface area contributed by atoms with Crippen molar-refractivity contribution in [3.8, 4) is 0 Å². The number of amides is 2. The molecule has 2 aliphatic rings. The van der Waals surface area contributed by atoms with Gasteiger partial charge in [-0.25, -0.2) is 4.98 Å². The smallest absolute Gasteiger partial charge is 0.287 e. The topological polar surface area (TPSA) is 79.2 Å². The van der Waals surface area contributed by atoms with Crippen LogP contribution in [-0.4, -0.2) is 82.5 Å². The van der Waals surface area contributed by atoms with E-state index in [2.05, 4.69) is 45.5 Å². The first kappa shape index (κ1) is 24.5. The predicted molar refractivity (Wildman–Crippen MR) is 138 cm³/mol. The molecule has 1 aromatic carbocycles. The second-order valence-electron chi connectivity index (χ2n) is 10.3. The van der Waals surface area contributed by atoms with Crippen LogP contribution in [0.15, 0.2) is 60.9 Å². The average molecular weight is 490 g/mol. The van der Waals surface area contributed by atoms with Crippen molar-refractivity contribution >= 4 is 17.3 Å². The standard InChI is InChI=1S/C28H35N5O3/c1-28(20-30-27(35)26-29-18-24-9-5-6-12-33(24)26)21-31(15-16-36-28)19-25(34)32-13-10-23(11-14-32)17-22-7-3-2-4-8-22/h2-9,12,18,23H,10-11,13-17,19-21H2,1H3,(H,30,35). The summed E-state index contributed by atoms with van der Waals surface area (Å²) in [6.07, 6.45) is 6.70. The van der Waals surface area contributed by atoms with Crippen LogP contribution in [0.3, 0.4) is 0 Å². The van der Waals surface area contributed by atoms with Gasteiger partial charge < -0.3 is 15.0 Å². The van der Waals surface area contributed by atoms with E-state index in [1.165, 1.54) is 5.56 Å². The summed E-state index contributed by atoms with van der Waals surface area (Å²) in [5.41, 5.74) is 1.68. The molecule has 0 spiro atoms. The molecule has 2 fully saturated rings. The highest BCUT2D eigenvalue weighted by Gasteiger charge is 2.34. The van der Waals surface area contributed by atoms with Gasteiger partial charge in [0.05, 0.1) is 30.5 Å². The number of hydrogen-bond acceptors (Lipinski definition) is 5. The Morgan fingerprint density at radius 1 is 1.08 bits per heavy atom. The Kier molecular flexibility index (Phi) is 7.34. The summed E-state index contributed by atoms with van der Waals surface area (Å²) in [5.74, 6) is 0.939. The lowest BCUT2D eigenvalue weighted by Gasteiger charge is -2.41. The molecule has 2 saturated heterocycles. The van der Waals surface area contributed by atoms with Crippen LogP contribution in [-0.2, 0) is 16.0 Å². The van der Waals surface area contributed by atoms with Crippen LogP contribution in [0.1, 0.15) is 35.9 Å². The molecule has 2 aliphatic heterocycles. The molecule has 8 nitrogen and oxygen atoms in total. The number of morpholine rings is 1. The summed E-state index contributed by atoms with van der Waals surface area (Å²) in [4.78, 5) is 34.3. The zero-order chi connectivity index (χ0) is 25.0. The van der Waals surface area contributed by atoms with E-state index in [0.29, 0.717) is 44.5 Å². The number of benzene rings is 1. The zero-order valence-electron chi connectivity index (χ0n) is 20.9. The molecule has 1 atom stereocenters. The van der Waals surface area contributed by atoms with E-state index in [1.54, 1.807) is 10.6 Å². The molecule has 0 radical (unpaired) electrons. The van der Waals surface area contributed by atoms with Gasteiger partial charge in [-0.3, -0.25) is 18.9 Å². The van der Waals surface area contributed by atoms with Crippen molar-refractivity contribution in [2.45, 2.75) is 31.8 Å². The maximum absolute atomic E-state index is 13.1. The number of carbonyl (C=O) groups is 2. The average Bonchev–Trinajstić information content (AvgIpc) is 3.33. The molecular formula is C28H35N5O3. The van der Waals surface area contributed by atoms with Gasteiger partial charge >= 0.3 is 0 Å². The Bertz CT molecular complexity index is 1190. The highest BCUT2D eigenvalue weighted by atomic mass is 16.5. The highest BCUT2D eigenvalue weighted by Crippen LogP contribution is 2.23. The van der Waals surface area contributed by atoms with Crippen molar-refractivity contribution in [1.29, 1.82) is 0 Å². The zero-order valence-corrected chi connectivity index (χ0v) is 20.9. The van der Waals surface area contributed by atoms with Crippen molar-refractivity contribution in [2.24, 2.45) is 5.92 Å². The maximum Gasteiger partial charge on any atom is 0.287 e. The van der Waals surface area contributed by atoms with Crippen molar-refractivity contribution in [3.63, 3.8) is 0 Å². The number of likely N-dealkylation sites (tertiary alicyclic amines) is 1. The summed E-state index contributed by atoms with van der Waals surface area (Å²) < 4.78 is 7.81. The van der Waals surface area contributed by atoms with Gasteiger partial charge in [-0.15, -0.1) is 0 Å². The fraction of sp³-hybridized carbons (Fsp3) is 0.464. The highest BCUT2D eigenvalue weighted by molar-refractivity contribution is 5.91. The molecule has 0 saturated carbocycles.